The zero-order valence-electron chi connectivity index (χ0n) is 8.49. The highest BCUT2D eigenvalue weighted by atomic mass is 15.3. The van der Waals surface area contributed by atoms with Crippen molar-refractivity contribution < 1.29 is 0 Å². The Labute approximate surface area is 83.7 Å². The third-order valence-electron chi connectivity index (χ3n) is 1.59. The van der Waals surface area contributed by atoms with Crippen molar-refractivity contribution in [1.29, 1.82) is 10.7 Å². The number of aliphatic imine (C=N–C) groups is 1. The molecule has 0 spiro atoms. The highest BCUT2D eigenvalue weighted by molar-refractivity contribution is 5.91. The van der Waals surface area contributed by atoms with Crippen molar-refractivity contribution in [2.24, 2.45) is 16.5 Å². The van der Waals surface area contributed by atoms with Gasteiger partial charge in [-0.2, -0.15) is 10.3 Å². The van der Waals surface area contributed by atoms with E-state index < -0.39 is 0 Å². The second kappa shape index (κ2) is 5.80. The molecule has 0 heterocycles. The molecule has 0 rings (SSSR count). The van der Waals surface area contributed by atoms with Gasteiger partial charge in [0.25, 0.3) is 0 Å². The topological polar surface area (TPSA) is 115 Å². The zero-order valence-corrected chi connectivity index (χ0v) is 8.49. The van der Waals surface area contributed by atoms with Crippen LogP contribution in [0.5, 0.6) is 0 Å². The Morgan fingerprint density at radius 3 is 2.50 bits per heavy atom. The van der Waals surface area contributed by atoms with Crippen molar-refractivity contribution in [3.05, 3.63) is 0 Å². The molecule has 0 saturated heterocycles. The Hall–Kier alpha value is -1.77. The van der Waals surface area contributed by atoms with E-state index in [1.165, 1.54) is 0 Å². The number of guanidine groups is 2. The molecule has 0 bridgehead atoms. The molecule has 0 aliphatic heterocycles. The van der Waals surface area contributed by atoms with Crippen molar-refractivity contribution in [3.63, 3.8) is 0 Å². The van der Waals surface area contributed by atoms with Gasteiger partial charge in [0.1, 0.15) is 0 Å². The third-order valence-corrected chi connectivity index (χ3v) is 1.59. The summed E-state index contributed by atoms with van der Waals surface area (Å²) in [6, 6.07) is 2.11. The predicted molar refractivity (Wildman–Crippen MR) is 55.6 cm³/mol. The summed E-state index contributed by atoms with van der Waals surface area (Å²) in [5.74, 6) is -0.146. The van der Waals surface area contributed by atoms with Crippen LogP contribution < -0.4 is 11.5 Å². The monoisotopic (exact) mass is 196 g/mol. The van der Waals surface area contributed by atoms with Gasteiger partial charge >= 0.3 is 0 Å². The maximum Gasteiger partial charge on any atom is 0.221 e. The fourth-order valence-electron chi connectivity index (χ4n) is 0.966. The van der Waals surface area contributed by atoms with Crippen LogP contribution >= 0.6 is 0 Å². The smallest absolute Gasteiger partial charge is 0.221 e. The van der Waals surface area contributed by atoms with Crippen molar-refractivity contribution in [2.75, 3.05) is 6.54 Å². The fraction of sp³-hybridized carbons (Fsp3) is 0.625. The first-order valence-corrected chi connectivity index (χ1v) is 4.30. The number of nitrogens with two attached hydrogens (primary N) is 2. The summed E-state index contributed by atoms with van der Waals surface area (Å²) in [5.41, 5.74) is 10.3. The van der Waals surface area contributed by atoms with Crippen LogP contribution in [0.1, 0.15) is 20.3 Å². The van der Waals surface area contributed by atoms with E-state index in [2.05, 4.69) is 4.99 Å². The minimum atomic E-state index is -0.141. The van der Waals surface area contributed by atoms with Crippen LogP contribution in [0.2, 0.25) is 0 Å². The van der Waals surface area contributed by atoms with Crippen LogP contribution in [0.15, 0.2) is 4.99 Å². The third kappa shape index (κ3) is 4.30. The van der Waals surface area contributed by atoms with Crippen LogP contribution in [0.25, 0.3) is 0 Å². The molecule has 0 aromatic heterocycles. The number of hydrogen-bond donors (Lipinski definition) is 3. The Morgan fingerprint density at radius 1 is 1.57 bits per heavy atom. The normalized spacial score (nSPS) is 9.29. The van der Waals surface area contributed by atoms with E-state index in [4.69, 9.17) is 22.1 Å². The molecule has 6 nitrogen and oxygen atoms in total. The largest absolute Gasteiger partial charge is 0.370 e. The number of nitrogens with zero attached hydrogens (tertiary/aromatic N) is 3. The van der Waals surface area contributed by atoms with E-state index in [0.29, 0.717) is 13.0 Å². The van der Waals surface area contributed by atoms with E-state index >= 15 is 0 Å². The van der Waals surface area contributed by atoms with E-state index in [9.17, 15) is 0 Å². The van der Waals surface area contributed by atoms with Crippen LogP contribution in [-0.2, 0) is 0 Å². The fourth-order valence-corrected chi connectivity index (χ4v) is 0.966. The van der Waals surface area contributed by atoms with Crippen molar-refractivity contribution in [2.45, 2.75) is 26.3 Å². The van der Waals surface area contributed by atoms with Crippen LogP contribution in [0.4, 0.5) is 0 Å². The lowest BCUT2D eigenvalue weighted by Gasteiger charge is -2.25. The molecular formula is C8H16N6. The average Bonchev–Trinajstić information content (AvgIpc) is 2.02. The Kier molecular flexibility index (Phi) is 5.07. The van der Waals surface area contributed by atoms with Crippen LogP contribution in [0, 0.1) is 16.7 Å². The number of nitriles is 1. The molecule has 0 unspecified atom stereocenters. The predicted octanol–water partition coefficient (Wildman–Crippen LogP) is -0.181. The molecule has 5 N–H and O–H groups in total. The molecule has 0 amide bonds. The minimum Gasteiger partial charge on any atom is -0.370 e. The molecule has 0 aromatic rings. The summed E-state index contributed by atoms with van der Waals surface area (Å²) in [6.45, 7) is 4.28. The van der Waals surface area contributed by atoms with E-state index in [1.807, 2.05) is 19.9 Å². The highest BCUT2D eigenvalue weighted by Gasteiger charge is 2.12. The van der Waals surface area contributed by atoms with Crippen LogP contribution in [0.3, 0.4) is 0 Å². The van der Waals surface area contributed by atoms with Gasteiger partial charge in [-0.15, -0.1) is 0 Å². The van der Waals surface area contributed by atoms with E-state index in [-0.39, 0.29) is 18.0 Å². The summed E-state index contributed by atoms with van der Waals surface area (Å²) in [5, 5.41) is 16.0. The molecule has 0 aromatic carbocycles. The Bertz CT molecular complexity index is 257. The van der Waals surface area contributed by atoms with Gasteiger partial charge in [-0.05, 0) is 13.8 Å². The van der Waals surface area contributed by atoms with Gasteiger partial charge in [0.15, 0.2) is 5.96 Å². The second-order valence-corrected chi connectivity index (χ2v) is 3.06. The van der Waals surface area contributed by atoms with Gasteiger partial charge < -0.3 is 16.4 Å². The molecule has 14 heavy (non-hydrogen) atoms. The average molecular weight is 196 g/mol. The molecular weight excluding hydrogens is 180 g/mol. The lowest BCUT2D eigenvalue weighted by Crippen LogP contribution is -2.38. The Balaban J connectivity index is 4.43. The number of nitrogens with one attached hydrogen (secondary N) is 1. The Morgan fingerprint density at radius 2 is 2.14 bits per heavy atom. The highest BCUT2D eigenvalue weighted by Crippen LogP contribution is 2.01. The molecule has 0 atom stereocenters. The number of hydrogen-bond acceptors (Lipinski definition) is 2. The number of rotatable bonds is 3. The van der Waals surface area contributed by atoms with Gasteiger partial charge in [-0.1, -0.05) is 0 Å². The maximum atomic E-state index is 8.43. The lowest BCUT2D eigenvalue weighted by atomic mass is 10.3. The van der Waals surface area contributed by atoms with Gasteiger partial charge in [-0.25, -0.2) is 0 Å². The summed E-state index contributed by atoms with van der Waals surface area (Å²) in [6.07, 6.45) is 0.348. The summed E-state index contributed by atoms with van der Waals surface area (Å²) in [7, 11) is 0. The SMILES string of the molecule is CC(C)N(CCC#N)C(=N)N=C(N)N. The maximum absolute atomic E-state index is 8.43. The molecule has 0 aliphatic rings. The molecule has 78 valence electrons. The van der Waals surface area contributed by atoms with Crippen LogP contribution in [-0.4, -0.2) is 29.4 Å². The van der Waals surface area contributed by atoms with Gasteiger partial charge in [-0.3, -0.25) is 5.41 Å². The standard InChI is InChI=1S/C8H16N6/c1-6(2)14(5-3-4-9)8(12)13-7(10)11/h6H,3,5H2,1-2H3,(H5,10,11,12,13). The van der Waals surface area contributed by atoms with Gasteiger partial charge in [0.05, 0.1) is 12.5 Å². The summed E-state index contributed by atoms with van der Waals surface area (Å²) in [4.78, 5) is 5.28. The van der Waals surface area contributed by atoms with Crippen molar-refractivity contribution >= 4 is 11.9 Å². The summed E-state index contributed by atoms with van der Waals surface area (Å²) < 4.78 is 0. The molecule has 0 aliphatic carbocycles. The first-order chi connectivity index (χ1) is 6.49. The van der Waals surface area contributed by atoms with E-state index in [0.717, 1.165) is 0 Å². The van der Waals surface area contributed by atoms with E-state index in [1.54, 1.807) is 4.90 Å². The lowest BCUT2D eigenvalue weighted by molar-refractivity contribution is 0.351. The quantitative estimate of drug-likeness (QED) is 0.429. The van der Waals surface area contributed by atoms with Gasteiger partial charge in [0, 0.05) is 12.6 Å². The van der Waals surface area contributed by atoms with Gasteiger partial charge in [0.2, 0.25) is 5.96 Å². The van der Waals surface area contributed by atoms with Crippen molar-refractivity contribution in [3.8, 4) is 6.07 Å². The molecule has 6 heteroatoms. The summed E-state index contributed by atoms with van der Waals surface area (Å²) >= 11 is 0. The van der Waals surface area contributed by atoms with Crippen molar-refractivity contribution in [1.82, 2.24) is 4.90 Å². The molecule has 0 radical (unpaired) electrons. The zero-order chi connectivity index (χ0) is 11.1. The first kappa shape index (κ1) is 12.2. The molecule has 0 saturated carbocycles. The minimum absolute atomic E-state index is 0.00440. The molecule has 0 fully saturated rings. The first-order valence-electron chi connectivity index (χ1n) is 4.30. The second-order valence-electron chi connectivity index (χ2n) is 3.06.